The van der Waals surface area contributed by atoms with Crippen LogP contribution in [0, 0.1) is 0 Å². The maximum Gasteiger partial charge on any atom is 0.289 e. The van der Waals surface area contributed by atoms with Gasteiger partial charge in [0.25, 0.3) is 5.91 Å². The first-order valence-corrected chi connectivity index (χ1v) is 9.72. The van der Waals surface area contributed by atoms with Crippen LogP contribution in [0.25, 0.3) is 11.3 Å². The molecule has 2 N–H and O–H groups in total. The van der Waals surface area contributed by atoms with Crippen molar-refractivity contribution in [2.24, 2.45) is 5.10 Å². The first kappa shape index (κ1) is 19.5. The third-order valence-electron chi connectivity index (χ3n) is 4.66. The Hall–Kier alpha value is -3.21. The monoisotopic (exact) mass is 374 g/mol. The average molecular weight is 374 g/mol. The van der Waals surface area contributed by atoms with Crippen molar-refractivity contribution in [2.45, 2.75) is 39.5 Å². The zero-order valence-corrected chi connectivity index (χ0v) is 16.4. The van der Waals surface area contributed by atoms with Crippen molar-refractivity contribution < 1.29 is 4.79 Å². The second-order valence-corrected chi connectivity index (χ2v) is 6.83. The van der Waals surface area contributed by atoms with E-state index in [4.69, 9.17) is 0 Å². The number of hydrazone groups is 1. The molecule has 5 nitrogen and oxygen atoms in total. The summed E-state index contributed by atoms with van der Waals surface area (Å²) in [6.45, 7) is 4.09. The SMILES string of the molecule is CCCCCc1ccc(C(C)=NNC(=O)c2cc(-c3ccccc3)n[nH]2)cc1. The third kappa shape index (κ3) is 5.16. The number of aromatic amines is 1. The molecule has 2 aromatic carbocycles. The van der Waals surface area contributed by atoms with Gasteiger partial charge in [0.05, 0.1) is 11.4 Å². The first-order chi connectivity index (χ1) is 13.7. The van der Waals surface area contributed by atoms with E-state index in [0.717, 1.165) is 29.0 Å². The predicted molar refractivity (Wildman–Crippen MR) is 113 cm³/mol. The quantitative estimate of drug-likeness (QED) is 0.332. The fourth-order valence-electron chi connectivity index (χ4n) is 2.95. The van der Waals surface area contributed by atoms with Crippen LogP contribution in [0.15, 0.2) is 65.8 Å². The van der Waals surface area contributed by atoms with E-state index in [0.29, 0.717) is 5.69 Å². The molecule has 0 saturated carbocycles. The molecular weight excluding hydrogens is 348 g/mol. The highest BCUT2D eigenvalue weighted by molar-refractivity contribution is 6.00. The van der Waals surface area contributed by atoms with Gasteiger partial charge in [-0.3, -0.25) is 9.89 Å². The molecule has 5 heteroatoms. The smallest absolute Gasteiger partial charge is 0.272 e. The Balaban J connectivity index is 1.60. The summed E-state index contributed by atoms with van der Waals surface area (Å²) in [4.78, 5) is 12.3. The second kappa shape index (κ2) is 9.65. The Morgan fingerprint density at radius 1 is 1.07 bits per heavy atom. The molecule has 0 aliphatic carbocycles. The van der Waals surface area contributed by atoms with Crippen LogP contribution in [-0.4, -0.2) is 21.8 Å². The lowest BCUT2D eigenvalue weighted by Crippen LogP contribution is -2.19. The molecule has 1 heterocycles. The van der Waals surface area contributed by atoms with Gasteiger partial charge in [-0.25, -0.2) is 5.43 Å². The van der Waals surface area contributed by atoms with Crippen molar-refractivity contribution in [1.82, 2.24) is 15.6 Å². The van der Waals surface area contributed by atoms with Crippen LogP contribution in [0.4, 0.5) is 0 Å². The van der Waals surface area contributed by atoms with Gasteiger partial charge in [-0.1, -0.05) is 74.4 Å². The predicted octanol–water partition coefficient (Wildman–Crippen LogP) is 4.96. The van der Waals surface area contributed by atoms with Gasteiger partial charge in [0, 0.05) is 5.56 Å². The van der Waals surface area contributed by atoms with E-state index >= 15 is 0 Å². The number of aryl methyl sites for hydroxylation is 1. The molecule has 0 spiro atoms. The highest BCUT2D eigenvalue weighted by Crippen LogP contribution is 2.16. The summed E-state index contributed by atoms with van der Waals surface area (Å²) in [7, 11) is 0. The number of hydrogen-bond acceptors (Lipinski definition) is 3. The van der Waals surface area contributed by atoms with Crippen molar-refractivity contribution in [1.29, 1.82) is 0 Å². The number of hydrogen-bond donors (Lipinski definition) is 2. The molecular formula is C23H26N4O. The number of rotatable bonds is 8. The molecule has 1 aromatic heterocycles. The molecule has 144 valence electrons. The molecule has 0 aliphatic rings. The number of carbonyl (C=O) groups excluding carboxylic acids is 1. The number of benzene rings is 2. The lowest BCUT2D eigenvalue weighted by Gasteiger charge is -2.04. The number of nitrogens with zero attached hydrogens (tertiary/aromatic N) is 2. The fourth-order valence-corrected chi connectivity index (χ4v) is 2.95. The summed E-state index contributed by atoms with van der Waals surface area (Å²) < 4.78 is 0. The summed E-state index contributed by atoms with van der Waals surface area (Å²) in [5, 5.41) is 11.2. The van der Waals surface area contributed by atoms with E-state index < -0.39 is 0 Å². The van der Waals surface area contributed by atoms with Gasteiger partial charge in [-0.05, 0) is 37.0 Å². The fraction of sp³-hybridized carbons (Fsp3) is 0.261. The van der Waals surface area contributed by atoms with E-state index in [1.54, 1.807) is 6.07 Å². The van der Waals surface area contributed by atoms with Crippen LogP contribution in [-0.2, 0) is 6.42 Å². The molecule has 0 bridgehead atoms. The lowest BCUT2D eigenvalue weighted by atomic mass is 10.0. The van der Waals surface area contributed by atoms with Crippen molar-refractivity contribution in [3.05, 3.63) is 77.5 Å². The van der Waals surface area contributed by atoms with Crippen molar-refractivity contribution >= 4 is 11.6 Å². The van der Waals surface area contributed by atoms with Crippen LogP contribution in [0.2, 0.25) is 0 Å². The number of carbonyl (C=O) groups is 1. The highest BCUT2D eigenvalue weighted by atomic mass is 16.2. The number of aromatic nitrogens is 2. The highest BCUT2D eigenvalue weighted by Gasteiger charge is 2.10. The molecule has 1 amide bonds. The minimum atomic E-state index is -0.315. The Labute approximate surface area is 165 Å². The Morgan fingerprint density at radius 3 is 2.54 bits per heavy atom. The molecule has 0 radical (unpaired) electrons. The maximum atomic E-state index is 12.3. The topological polar surface area (TPSA) is 70.1 Å². The van der Waals surface area contributed by atoms with Crippen LogP contribution in [0.1, 0.15) is 54.7 Å². The molecule has 0 fully saturated rings. The lowest BCUT2D eigenvalue weighted by molar-refractivity contribution is 0.0950. The maximum absolute atomic E-state index is 12.3. The summed E-state index contributed by atoms with van der Waals surface area (Å²) in [6.07, 6.45) is 4.80. The molecule has 3 rings (SSSR count). The van der Waals surface area contributed by atoms with Gasteiger partial charge in [-0.2, -0.15) is 10.2 Å². The van der Waals surface area contributed by atoms with Gasteiger partial charge in [-0.15, -0.1) is 0 Å². The Bertz CT molecular complexity index is 927. The molecule has 0 atom stereocenters. The Morgan fingerprint density at radius 2 is 1.82 bits per heavy atom. The van der Waals surface area contributed by atoms with Gasteiger partial charge < -0.3 is 0 Å². The van der Waals surface area contributed by atoms with E-state index in [9.17, 15) is 4.79 Å². The first-order valence-electron chi connectivity index (χ1n) is 9.72. The molecule has 0 aliphatic heterocycles. The van der Waals surface area contributed by atoms with Crippen LogP contribution in [0.5, 0.6) is 0 Å². The average Bonchev–Trinajstić information content (AvgIpc) is 3.23. The van der Waals surface area contributed by atoms with Gasteiger partial charge in [0.15, 0.2) is 0 Å². The molecule has 3 aromatic rings. The zero-order chi connectivity index (χ0) is 19.8. The summed E-state index contributed by atoms with van der Waals surface area (Å²) in [5.41, 5.74) is 7.74. The minimum Gasteiger partial charge on any atom is -0.272 e. The van der Waals surface area contributed by atoms with E-state index in [1.807, 2.05) is 37.3 Å². The second-order valence-electron chi connectivity index (χ2n) is 6.83. The number of nitrogens with one attached hydrogen (secondary N) is 2. The van der Waals surface area contributed by atoms with E-state index in [2.05, 4.69) is 51.9 Å². The van der Waals surface area contributed by atoms with Crippen molar-refractivity contribution in [2.75, 3.05) is 0 Å². The van der Waals surface area contributed by atoms with E-state index in [-0.39, 0.29) is 5.91 Å². The summed E-state index contributed by atoms with van der Waals surface area (Å²) >= 11 is 0. The van der Waals surface area contributed by atoms with Crippen LogP contribution >= 0.6 is 0 Å². The normalized spacial score (nSPS) is 11.4. The molecule has 0 saturated heterocycles. The van der Waals surface area contributed by atoms with Crippen molar-refractivity contribution in [3.8, 4) is 11.3 Å². The summed E-state index contributed by atoms with van der Waals surface area (Å²) in [5.74, 6) is -0.315. The zero-order valence-electron chi connectivity index (χ0n) is 16.4. The van der Waals surface area contributed by atoms with Gasteiger partial charge in [0.1, 0.15) is 5.69 Å². The van der Waals surface area contributed by atoms with Crippen LogP contribution in [0.3, 0.4) is 0 Å². The third-order valence-corrected chi connectivity index (χ3v) is 4.66. The van der Waals surface area contributed by atoms with E-state index in [1.165, 1.54) is 24.8 Å². The summed E-state index contributed by atoms with van der Waals surface area (Å²) in [6, 6.07) is 19.8. The van der Waals surface area contributed by atoms with Gasteiger partial charge in [0.2, 0.25) is 0 Å². The number of unbranched alkanes of at least 4 members (excludes halogenated alkanes) is 2. The van der Waals surface area contributed by atoms with Crippen molar-refractivity contribution in [3.63, 3.8) is 0 Å². The van der Waals surface area contributed by atoms with Gasteiger partial charge >= 0.3 is 0 Å². The number of H-pyrrole nitrogens is 1. The Kier molecular flexibility index (Phi) is 6.73. The largest absolute Gasteiger partial charge is 0.289 e. The standard InChI is InChI=1S/C23H26N4O/c1-3-4-6-9-18-12-14-19(15-13-18)17(2)24-27-23(28)22-16-21(25-26-22)20-10-7-5-8-11-20/h5,7-8,10-16H,3-4,6,9H2,1-2H3,(H,25,26)(H,27,28). The molecule has 28 heavy (non-hydrogen) atoms. The van der Waals surface area contributed by atoms with Crippen LogP contribution < -0.4 is 5.43 Å². The molecule has 0 unspecified atom stereocenters. The minimum absolute atomic E-state index is 0.315. The number of amides is 1.